The molecule has 3 nitrogen and oxygen atoms in total. The number of allylic oxidation sites excluding steroid dienone is 4. The number of unbranched alkanes of at least 4 members (excludes halogenated alkanes) is 7. The fourth-order valence-electron chi connectivity index (χ4n) is 3.34. The quantitative estimate of drug-likeness (QED) is 0.129. The Morgan fingerprint density at radius 3 is 1.78 bits per heavy atom. The maximum absolute atomic E-state index is 5.73. The number of rotatable bonds is 14. The molecule has 0 amide bonds. The van der Waals surface area contributed by atoms with Crippen molar-refractivity contribution in [2.75, 3.05) is 21.3 Å². The molecule has 0 spiro atoms. The van der Waals surface area contributed by atoms with Gasteiger partial charge in [-0.05, 0) is 6.42 Å². The first-order chi connectivity index (χ1) is 11.2. The molecular formula is C22H44O3PtSi. The molecule has 1 atom stereocenters. The van der Waals surface area contributed by atoms with Gasteiger partial charge in [-0.2, -0.15) is 6.08 Å². The summed E-state index contributed by atoms with van der Waals surface area (Å²) in [5, 5.41) is 0. The zero-order chi connectivity index (χ0) is 17.0. The minimum Gasteiger partial charge on any atom is -0.377 e. The largest absolute Gasteiger partial charge is 4.00 e. The van der Waals surface area contributed by atoms with Gasteiger partial charge in [-0.3, -0.25) is 6.08 Å². The third-order valence-electron chi connectivity index (χ3n) is 4.72. The van der Waals surface area contributed by atoms with Gasteiger partial charge in [-0.25, -0.2) is 11.6 Å². The van der Waals surface area contributed by atoms with Crippen LogP contribution in [0.4, 0.5) is 0 Å². The van der Waals surface area contributed by atoms with Crippen LogP contribution >= 0.6 is 0 Å². The summed E-state index contributed by atoms with van der Waals surface area (Å²) in [5.41, 5.74) is 1.42. The van der Waals surface area contributed by atoms with Crippen LogP contribution in [0.2, 0.25) is 5.54 Å². The van der Waals surface area contributed by atoms with E-state index in [9.17, 15) is 0 Å². The Kier molecular flexibility index (Phi) is 27.0. The second-order valence-electron chi connectivity index (χ2n) is 6.27. The van der Waals surface area contributed by atoms with Gasteiger partial charge in [0.2, 0.25) is 0 Å². The van der Waals surface area contributed by atoms with Crippen molar-refractivity contribution in [1.29, 1.82) is 0 Å². The summed E-state index contributed by atoms with van der Waals surface area (Å²) < 4.78 is 17.2. The summed E-state index contributed by atoms with van der Waals surface area (Å²) in [6, 6.07) is 0. The molecule has 0 aromatic heterocycles. The van der Waals surface area contributed by atoms with Crippen LogP contribution in [0.25, 0.3) is 0 Å². The average Bonchev–Trinajstić information content (AvgIpc) is 3.11. The van der Waals surface area contributed by atoms with E-state index in [1.165, 1.54) is 56.9 Å². The van der Waals surface area contributed by atoms with Gasteiger partial charge in [0.15, 0.2) is 0 Å². The van der Waals surface area contributed by atoms with Crippen LogP contribution in [0.1, 0.15) is 71.1 Å². The van der Waals surface area contributed by atoms with Gasteiger partial charge in [0, 0.05) is 26.9 Å². The van der Waals surface area contributed by atoms with Crippen molar-refractivity contribution in [3.05, 3.63) is 46.1 Å². The molecule has 0 N–H and O–H groups in total. The molecule has 0 heterocycles. The second kappa shape index (κ2) is 21.0. The standard InChI is InChI=1S/C19H35O3Si.3CH3.Pt/c1-5-6-7-8-9-10-11-12-17-19(18-15-13-14-16-18)23(20-2,21-3)22-4;;;;/h13,15,19H,5-12,14,17H2,1-4H3;3*1H3;/q4*-1;+4. The minimum atomic E-state index is -2.65. The Bertz CT molecular complexity index is 360. The van der Waals surface area contributed by atoms with E-state index in [-0.39, 0.29) is 48.9 Å². The summed E-state index contributed by atoms with van der Waals surface area (Å²) >= 11 is 0. The van der Waals surface area contributed by atoms with Gasteiger partial charge in [-0.15, -0.1) is 6.42 Å². The average molecular weight is 580 g/mol. The van der Waals surface area contributed by atoms with Crippen LogP contribution < -0.4 is 0 Å². The van der Waals surface area contributed by atoms with Crippen LogP contribution in [0.15, 0.2) is 17.7 Å². The second-order valence-corrected chi connectivity index (χ2v) is 9.40. The maximum atomic E-state index is 5.73. The molecule has 0 aromatic carbocycles. The van der Waals surface area contributed by atoms with Crippen LogP contribution in [-0.2, 0) is 34.3 Å². The molecule has 1 aliphatic carbocycles. The number of hydrogen-bond donors (Lipinski definition) is 0. The summed E-state index contributed by atoms with van der Waals surface area (Å²) in [5.74, 6) is 0. The molecule has 1 aliphatic rings. The smallest absolute Gasteiger partial charge is 0.377 e. The van der Waals surface area contributed by atoms with Crippen molar-refractivity contribution in [1.82, 2.24) is 0 Å². The Labute approximate surface area is 187 Å². The van der Waals surface area contributed by atoms with E-state index < -0.39 is 8.80 Å². The molecule has 0 aromatic rings. The van der Waals surface area contributed by atoms with Crippen molar-refractivity contribution in [3.8, 4) is 0 Å². The molecule has 0 saturated heterocycles. The van der Waals surface area contributed by atoms with E-state index in [0.717, 1.165) is 12.8 Å². The molecule has 164 valence electrons. The monoisotopic (exact) mass is 579 g/mol. The molecule has 1 rings (SSSR count). The van der Waals surface area contributed by atoms with Crippen LogP contribution in [0.3, 0.4) is 0 Å². The third kappa shape index (κ3) is 11.8. The third-order valence-corrected chi connectivity index (χ3v) is 7.88. The topological polar surface area (TPSA) is 27.7 Å². The van der Waals surface area contributed by atoms with Gasteiger partial charge in [-0.1, -0.05) is 58.3 Å². The summed E-state index contributed by atoms with van der Waals surface area (Å²) in [6.45, 7) is 2.26. The van der Waals surface area contributed by atoms with E-state index in [0.29, 0.717) is 0 Å². The van der Waals surface area contributed by atoms with Gasteiger partial charge in [0.25, 0.3) is 0 Å². The van der Waals surface area contributed by atoms with Gasteiger partial charge in [0.05, 0.1) is 0 Å². The number of hydrogen-bond acceptors (Lipinski definition) is 3. The first-order valence-electron chi connectivity index (χ1n) is 9.16. The fraction of sp³-hybridized carbons (Fsp3) is 0.682. The summed E-state index contributed by atoms with van der Waals surface area (Å²) in [4.78, 5) is 0. The first kappa shape index (κ1) is 34.8. The molecular weight excluding hydrogens is 535 g/mol. The van der Waals surface area contributed by atoms with Crippen molar-refractivity contribution < 1.29 is 34.3 Å². The Morgan fingerprint density at radius 1 is 0.889 bits per heavy atom. The van der Waals surface area contributed by atoms with Crippen molar-refractivity contribution >= 4 is 8.80 Å². The SMILES string of the molecule is CCCCCCCCCCC(C1=[C-]CC=C1)[Si](OC)(OC)OC.[CH3-].[CH3-].[CH3-].[Pt+4]. The Morgan fingerprint density at radius 2 is 1.37 bits per heavy atom. The normalized spacial score (nSPS) is 13.6. The fourth-order valence-corrected chi connectivity index (χ4v) is 5.83. The van der Waals surface area contributed by atoms with Crippen LogP contribution in [0.5, 0.6) is 0 Å². The van der Waals surface area contributed by atoms with Gasteiger partial charge < -0.3 is 35.6 Å². The first-order valence-corrected chi connectivity index (χ1v) is 11.0. The van der Waals surface area contributed by atoms with Crippen LogP contribution in [-0.4, -0.2) is 30.1 Å². The molecule has 0 fully saturated rings. The van der Waals surface area contributed by atoms with Gasteiger partial charge >= 0.3 is 29.9 Å². The Balaban J connectivity index is -0.000000661. The summed E-state index contributed by atoms with van der Waals surface area (Å²) in [7, 11) is 2.47. The summed E-state index contributed by atoms with van der Waals surface area (Å²) in [6.07, 6.45) is 20.3. The van der Waals surface area contributed by atoms with E-state index in [4.69, 9.17) is 13.3 Å². The molecule has 0 radical (unpaired) electrons. The van der Waals surface area contributed by atoms with Crippen molar-refractivity contribution in [2.24, 2.45) is 0 Å². The molecule has 0 bridgehead atoms. The van der Waals surface area contributed by atoms with Gasteiger partial charge in [0.1, 0.15) is 0 Å². The van der Waals surface area contributed by atoms with Crippen molar-refractivity contribution in [3.63, 3.8) is 0 Å². The van der Waals surface area contributed by atoms with Crippen LogP contribution in [0, 0.1) is 28.4 Å². The molecule has 0 saturated carbocycles. The zero-order valence-corrected chi connectivity index (χ0v) is 22.1. The van der Waals surface area contributed by atoms with E-state index >= 15 is 0 Å². The molecule has 1 unspecified atom stereocenters. The minimum absolute atomic E-state index is 0. The predicted octanol–water partition coefficient (Wildman–Crippen LogP) is 6.80. The molecule has 27 heavy (non-hydrogen) atoms. The Hall–Kier alpha value is 0.265. The van der Waals surface area contributed by atoms with Crippen molar-refractivity contribution in [2.45, 2.75) is 76.7 Å². The molecule has 5 heteroatoms. The van der Waals surface area contributed by atoms with E-state index in [1.54, 1.807) is 21.3 Å². The maximum Gasteiger partial charge on any atom is 4.00 e. The molecule has 0 aliphatic heterocycles. The predicted molar refractivity (Wildman–Crippen MR) is 118 cm³/mol. The zero-order valence-electron chi connectivity index (χ0n) is 18.8. The van der Waals surface area contributed by atoms with E-state index in [2.05, 4.69) is 25.2 Å². The van der Waals surface area contributed by atoms with E-state index in [1.807, 2.05) is 0 Å².